The maximum absolute atomic E-state index is 10.1. The summed E-state index contributed by atoms with van der Waals surface area (Å²) in [6.07, 6.45) is 0.556. The molecule has 2 amide bonds. The highest BCUT2D eigenvalue weighted by atomic mass is 16.2. The van der Waals surface area contributed by atoms with Gasteiger partial charge in [-0.25, -0.2) is 0 Å². The Hall–Kier alpha value is -1.76. The fourth-order valence-corrected chi connectivity index (χ4v) is 0.211. The molecule has 0 unspecified atom stereocenters. The number of carbonyl (C=O) groups excluding carboxylic acids is 4. The minimum atomic E-state index is -0.500. The van der Waals surface area contributed by atoms with E-state index in [0.29, 0.717) is 0 Å². The van der Waals surface area contributed by atoms with Gasteiger partial charge in [0.1, 0.15) is 0 Å². The topological polar surface area (TPSA) is 106 Å². The SMILES string of the molecule is CN(C)C(=O)C=O.CN(C)C(=O)C=O.O. The van der Waals surface area contributed by atoms with E-state index < -0.39 is 11.8 Å². The quantitative estimate of drug-likeness (QED) is 0.386. The predicted molar refractivity (Wildman–Crippen MR) is 53.1 cm³/mol. The van der Waals surface area contributed by atoms with Crippen LogP contribution >= 0.6 is 0 Å². The molecule has 7 nitrogen and oxygen atoms in total. The Morgan fingerprint density at radius 3 is 1.00 bits per heavy atom. The first-order chi connectivity index (χ1) is 6.36. The van der Waals surface area contributed by atoms with E-state index in [1.165, 1.54) is 38.0 Å². The zero-order valence-corrected chi connectivity index (χ0v) is 9.18. The molecule has 0 bridgehead atoms. The maximum atomic E-state index is 10.1. The minimum absolute atomic E-state index is 0. The molecular formula is C8H16N2O5. The molecule has 88 valence electrons. The summed E-state index contributed by atoms with van der Waals surface area (Å²) in [5.74, 6) is -1.000. The molecule has 0 fully saturated rings. The maximum Gasteiger partial charge on any atom is 0.286 e. The van der Waals surface area contributed by atoms with Crippen molar-refractivity contribution in [2.75, 3.05) is 28.2 Å². The van der Waals surface area contributed by atoms with E-state index in [2.05, 4.69) is 0 Å². The van der Waals surface area contributed by atoms with E-state index >= 15 is 0 Å². The fourth-order valence-electron chi connectivity index (χ4n) is 0.211. The Balaban J connectivity index is -0.000000180. The van der Waals surface area contributed by atoms with E-state index in [4.69, 9.17) is 0 Å². The zero-order valence-electron chi connectivity index (χ0n) is 9.18. The number of amides is 2. The van der Waals surface area contributed by atoms with Gasteiger partial charge in [-0.1, -0.05) is 0 Å². The second kappa shape index (κ2) is 10.3. The average molecular weight is 220 g/mol. The van der Waals surface area contributed by atoms with Crippen molar-refractivity contribution >= 4 is 24.4 Å². The Kier molecular flexibility index (Phi) is 13.0. The van der Waals surface area contributed by atoms with Crippen LogP contribution in [0, 0.1) is 0 Å². The van der Waals surface area contributed by atoms with Gasteiger partial charge in [-0.15, -0.1) is 0 Å². The lowest BCUT2D eigenvalue weighted by Crippen LogP contribution is -2.22. The molecule has 0 aromatic heterocycles. The molecule has 0 aliphatic heterocycles. The van der Waals surface area contributed by atoms with Gasteiger partial charge in [0.25, 0.3) is 11.8 Å². The van der Waals surface area contributed by atoms with Crippen LogP contribution in [0.3, 0.4) is 0 Å². The summed E-state index contributed by atoms with van der Waals surface area (Å²) < 4.78 is 0. The first kappa shape index (κ1) is 18.9. The molecule has 0 atom stereocenters. The van der Waals surface area contributed by atoms with Gasteiger partial charge in [0.15, 0.2) is 0 Å². The number of aldehydes is 2. The van der Waals surface area contributed by atoms with Crippen molar-refractivity contribution in [1.82, 2.24) is 9.80 Å². The van der Waals surface area contributed by atoms with Crippen molar-refractivity contribution in [1.29, 1.82) is 0 Å². The summed E-state index contributed by atoms with van der Waals surface area (Å²) in [6, 6.07) is 0. The molecule has 0 saturated heterocycles. The lowest BCUT2D eigenvalue weighted by atomic mass is 10.6. The van der Waals surface area contributed by atoms with Gasteiger partial charge in [0.2, 0.25) is 12.6 Å². The number of carbonyl (C=O) groups is 4. The van der Waals surface area contributed by atoms with Crippen molar-refractivity contribution in [2.45, 2.75) is 0 Å². The van der Waals surface area contributed by atoms with Crippen LogP contribution in [0.15, 0.2) is 0 Å². The van der Waals surface area contributed by atoms with Gasteiger partial charge in [0.05, 0.1) is 0 Å². The molecule has 0 heterocycles. The van der Waals surface area contributed by atoms with E-state index in [1.54, 1.807) is 0 Å². The second-order valence-corrected chi connectivity index (χ2v) is 2.70. The Morgan fingerprint density at radius 1 is 0.800 bits per heavy atom. The highest BCUT2D eigenvalue weighted by molar-refractivity contribution is 6.23. The van der Waals surface area contributed by atoms with Crippen LogP contribution in [-0.4, -0.2) is 67.9 Å². The lowest BCUT2D eigenvalue weighted by molar-refractivity contribution is -0.136. The van der Waals surface area contributed by atoms with Crippen LogP contribution < -0.4 is 0 Å². The molecule has 0 spiro atoms. The van der Waals surface area contributed by atoms with Gasteiger partial charge in [0, 0.05) is 28.2 Å². The molecule has 0 radical (unpaired) electrons. The van der Waals surface area contributed by atoms with Crippen LogP contribution in [0.2, 0.25) is 0 Å². The molecule has 15 heavy (non-hydrogen) atoms. The number of rotatable bonds is 2. The van der Waals surface area contributed by atoms with E-state index in [-0.39, 0.29) is 18.0 Å². The van der Waals surface area contributed by atoms with Gasteiger partial charge in [-0.05, 0) is 0 Å². The largest absolute Gasteiger partial charge is 0.412 e. The molecular weight excluding hydrogens is 204 g/mol. The van der Waals surface area contributed by atoms with Crippen LogP contribution in [0.25, 0.3) is 0 Å². The third-order valence-electron chi connectivity index (χ3n) is 1.08. The summed E-state index contributed by atoms with van der Waals surface area (Å²) in [7, 11) is 6.10. The summed E-state index contributed by atoms with van der Waals surface area (Å²) in [5.41, 5.74) is 0. The van der Waals surface area contributed by atoms with Crippen molar-refractivity contribution < 1.29 is 24.7 Å². The normalized spacial score (nSPS) is 7.20. The minimum Gasteiger partial charge on any atom is -0.412 e. The van der Waals surface area contributed by atoms with E-state index in [1.807, 2.05) is 0 Å². The second-order valence-electron chi connectivity index (χ2n) is 2.70. The first-order valence-electron chi connectivity index (χ1n) is 3.69. The predicted octanol–water partition coefficient (Wildman–Crippen LogP) is -2.28. The fraction of sp³-hybridized carbons (Fsp3) is 0.500. The molecule has 0 aliphatic carbocycles. The van der Waals surface area contributed by atoms with Gasteiger partial charge >= 0.3 is 0 Å². The molecule has 0 aromatic carbocycles. The van der Waals surface area contributed by atoms with Gasteiger partial charge in [-0.3, -0.25) is 19.2 Å². The zero-order chi connectivity index (χ0) is 11.7. The Morgan fingerprint density at radius 2 is 1.00 bits per heavy atom. The Labute approximate surface area is 87.9 Å². The molecule has 0 aromatic rings. The van der Waals surface area contributed by atoms with Crippen LogP contribution in [0.4, 0.5) is 0 Å². The van der Waals surface area contributed by atoms with Crippen molar-refractivity contribution in [3.63, 3.8) is 0 Å². The molecule has 0 saturated carbocycles. The first-order valence-corrected chi connectivity index (χ1v) is 3.69. The molecule has 0 aliphatic rings. The number of likely N-dealkylation sites (N-methyl/N-ethyl adjacent to an activating group) is 2. The molecule has 0 rings (SSSR count). The van der Waals surface area contributed by atoms with Crippen molar-refractivity contribution in [3.8, 4) is 0 Å². The molecule has 2 N–H and O–H groups in total. The molecule has 7 heteroatoms. The number of hydrogen-bond acceptors (Lipinski definition) is 4. The third kappa shape index (κ3) is 12.2. The summed E-state index contributed by atoms with van der Waals surface area (Å²) in [4.78, 5) is 41.7. The highest BCUT2D eigenvalue weighted by Crippen LogP contribution is 1.68. The van der Waals surface area contributed by atoms with E-state index in [9.17, 15) is 19.2 Å². The van der Waals surface area contributed by atoms with Crippen LogP contribution in [0.1, 0.15) is 0 Å². The van der Waals surface area contributed by atoms with Crippen LogP contribution in [0.5, 0.6) is 0 Å². The summed E-state index contributed by atoms with van der Waals surface area (Å²) >= 11 is 0. The van der Waals surface area contributed by atoms with Gasteiger partial charge in [-0.2, -0.15) is 0 Å². The highest BCUT2D eigenvalue weighted by Gasteiger charge is 1.96. The van der Waals surface area contributed by atoms with E-state index in [0.717, 1.165) is 0 Å². The lowest BCUT2D eigenvalue weighted by Gasteiger charge is -2.01. The van der Waals surface area contributed by atoms with Gasteiger partial charge < -0.3 is 15.3 Å². The van der Waals surface area contributed by atoms with Crippen molar-refractivity contribution in [3.05, 3.63) is 0 Å². The third-order valence-corrected chi connectivity index (χ3v) is 1.08. The van der Waals surface area contributed by atoms with Crippen LogP contribution in [-0.2, 0) is 19.2 Å². The number of nitrogens with zero attached hydrogens (tertiary/aromatic N) is 2. The summed E-state index contributed by atoms with van der Waals surface area (Å²) in [6.45, 7) is 0. The van der Waals surface area contributed by atoms with Crippen molar-refractivity contribution in [2.24, 2.45) is 0 Å². The smallest absolute Gasteiger partial charge is 0.286 e. The standard InChI is InChI=1S/2C4H7NO2.H2O/c2*1-5(2)4(7)3-6;/h2*3H,1-2H3;1H2. The number of hydrogen-bond donors (Lipinski definition) is 0. The summed E-state index contributed by atoms with van der Waals surface area (Å²) in [5, 5.41) is 0. The monoisotopic (exact) mass is 220 g/mol. The average Bonchev–Trinajstić information content (AvgIpc) is 2.15. The Bertz CT molecular complexity index is 201.